The predicted molar refractivity (Wildman–Crippen MR) is 74.5 cm³/mol. The highest BCUT2D eigenvalue weighted by molar-refractivity contribution is 5.87. The van der Waals surface area contributed by atoms with E-state index in [4.69, 9.17) is 11.5 Å². The molecule has 1 saturated heterocycles. The molecule has 0 radical (unpaired) electrons. The first-order valence-corrected chi connectivity index (χ1v) is 6.95. The molecule has 1 aliphatic carbocycles. The van der Waals surface area contributed by atoms with E-state index in [-0.39, 0.29) is 0 Å². The van der Waals surface area contributed by atoms with Gasteiger partial charge in [-0.3, -0.25) is 14.5 Å². The van der Waals surface area contributed by atoms with Crippen LogP contribution in [0, 0.1) is 11.8 Å². The summed E-state index contributed by atoms with van der Waals surface area (Å²) >= 11 is 0. The van der Waals surface area contributed by atoms with Crippen LogP contribution in [0.15, 0.2) is 30.3 Å². The Morgan fingerprint density at radius 1 is 1.00 bits per heavy atom. The van der Waals surface area contributed by atoms with E-state index >= 15 is 0 Å². The van der Waals surface area contributed by atoms with Crippen molar-refractivity contribution in [3.05, 3.63) is 35.9 Å². The second-order valence-corrected chi connectivity index (χ2v) is 5.79. The molecule has 2 amide bonds. The number of carbonyl (C=O) groups excluding carboxylic acids is 2. The highest BCUT2D eigenvalue weighted by atomic mass is 16.2. The first kappa shape index (κ1) is 13.1. The molecule has 0 aromatic heterocycles. The third-order valence-electron chi connectivity index (χ3n) is 4.53. The van der Waals surface area contributed by atoms with Gasteiger partial charge in [-0.2, -0.15) is 0 Å². The zero-order chi connectivity index (χ0) is 14.3. The number of hydrogen-bond donors (Lipinski definition) is 2. The van der Waals surface area contributed by atoms with E-state index < -0.39 is 23.7 Å². The Hall–Kier alpha value is -1.88. The van der Waals surface area contributed by atoms with Crippen LogP contribution in [0.4, 0.5) is 0 Å². The van der Waals surface area contributed by atoms with Gasteiger partial charge in [-0.05, 0) is 12.0 Å². The number of carbonyl (C=O) groups is 2. The van der Waals surface area contributed by atoms with Gasteiger partial charge >= 0.3 is 0 Å². The van der Waals surface area contributed by atoms with E-state index in [1.54, 1.807) is 0 Å². The topological polar surface area (TPSA) is 89.4 Å². The van der Waals surface area contributed by atoms with Crippen LogP contribution < -0.4 is 11.5 Å². The molecule has 4 N–H and O–H groups in total. The molecular formula is C15H19N3O2. The Bertz CT molecular complexity index is 509. The molecule has 20 heavy (non-hydrogen) atoms. The molecule has 106 valence electrons. The maximum atomic E-state index is 11.4. The molecule has 0 bridgehead atoms. The van der Waals surface area contributed by atoms with Crippen molar-refractivity contribution in [2.24, 2.45) is 23.3 Å². The fraction of sp³-hybridized carbons (Fsp3) is 0.467. The summed E-state index contributed by atoms with van der Waals surface area (Å²) < 4.78 is 0. The van der Waals surface area contributed by atoms with Crippen LogP contribution in [-0.4, -0.2) is 35.8 Å². The zero-order valence-corrected chi connectivity index (χ0v) is 11.2. The van der Waals surface area contributed by atoms with Gasteiger partial charge in [-0.25, -0.2) is 0 Å². The lowest BCUT2D eigenvalue weighted by molar-refractivity contribution is -0.129. The van der Waals surface area contributed by atoms with Crippen LogP contribution in [-0.2, 0) is 9.59 Å². The molecule has 5 nitrogen and oxygen atoms in total. The van der Waals surface area contributed by atoms with Crippen molar-refractivity contribution in [2.75, 3.05) is 13.1 Å². The van der Waals surface area contributed by atoms with E-state index in [0.717, 1.165) is 6.42 Å². The Kier molecular flexibility index (Phi) is 3.22. The summed E-state index contributed by atoms with van der Waals surface area (Å²) in [6, 6.07) is 10.7. The van der Waals surface area contributed by atoms with Crippen LogP contribution in [0.5, 0.6) is 0 Å². The van der Waals surface area contributed by atoms with Gasteiger partial charge in [-0.15, -0.1) is 0 Å². The number of amides is 2. The highest BCUT2D eigenvalue weighted by Crippen LogP contribution is 2.46. The van der Waals surface area contributed by atoms with Gasteiger partial charge in [0.15, 0.2) is 0 Å². The highest BCUT2D eigenvalue weighted by Gasteiger charge is 2.49. The van der Waals surface area contributed by atoms with Gasteiger partial charge in [-0.1, -0.05) is 30.3 Å². The summed E-state index contributed by atoms with van der Waals surface area (Å²) in [6.07, 6.45) is 1.07. The summed E-state index contributed by atoms with van der Waals surface area (Å²) in [5, 5.41) is 0. The minimum atomic E-state index is -0.440. The van der Waals surface area contributed by atoms with Gasteiger partial charge in [0.2, 0.25) is 11.8 Å². The molecule has 5 heteroatoms. The maximum absolute atomic E-state index is 11.4. The van der Waals surface area contributed by atoms with Crippen molar-refractivity contribution in [2.45, 2.75) is 18.4 Å². The standard InChI is InChI=1S/C15H19N3O2/c16-14(19)11-7-18(8-12(11)15(17)20)13-6-10(13)9-4-2-1-3-5-9/h1-5,10-13H,6-8H2,(H2,16,19)(H2,17,20)/t10-,11?,12?,13+/m0/s1. The maximum Gasteiger partial charge on any atom is 0.222 e. The van der Waals surface area contributed by atoms with Gasteiger partial charge in [0.05, 0.1) is 11.8 Å². The number of rotatable bonds is 4. The first-order valence-electron chi connectivity index (χ1n) is 6.95. The Labute approximate surface area is 117 Å². The minimum absolute atomic E-state index is 0.406. The largest absolute Gasteiger partial charge is 0.369 e. The molecule has 1 saturated carbocycles. The smallest absolute Gasteiger partial charge is 0.222 e. The van der Waals surface area contributed by atoms with E-state index in [9.17, 15) is 9.59 Å². The number of primary amides is 2. The monoisotopic (exact) mass is 273 g/mol. The van der Waals surface area contributed by atoms with Crippen molar-refractivity contribution < 1.29 is 9.59 Å². The fourth-order valence-corrected chi connectivity index (χ4v) is 3.33. The Morgan fingerprint density at radius 2 is 1.55 bits per heavy atom. The van der Waals surface area contributed by atoms with E-state index in [0.29, 0.717) is 25.0 Å². The zero-order valence-electron chi connectivity index (χ0n) is 11.2. The van der Waals surface area contributed by atoms with Crippen LogP contribution in [0.1, 0.15) is 17.9 Å². The fourth-order valence-electron chi connectivity index (χ4n) is 3.33. The predicted octanol–water partition coefficient (Wildman–Crippen LogP) is 0.0611. The van der Waals surface area contributed by atoms with Crippen molar-refractivity contribution in [3.63, 3.8) is 0 Å². The van der Waals surface area contributed by atoms with Crippen molar-refractivity contribution in [3.8, 4) is 0 Å². The second-order valence-electron chi connectivity index (χ2n) is 5.79. The van der Waals surface area contributed by atoms with E-state index in [2.05, 4.69) is 17.0 Å². The molecule has 1 heterocycles. The molecule has 3 rings (SSSR count). The van der Waals surface area contributed by atoms with Crippen molar-refractivity contribution in [1.82, 2.24) is 4.90 Å². The van der Waals surface area contributed by atoms with Gasteiger partial charge < -0.3 is 11.5 Å². The summed E-state index contributed by atoms with van der Waals surface area (Å²) in [7, 11) is 0. The average molecular weight is 273 g/mol. The minimum Gasteiger partial charge on any atom is -0.369 e. The number of likely N-dealkylation sites (tertiary alicyclic amines) is 1. The third-order valence-corrected chi connectivity index (χ3v) is 4.53. The number of nitrogens with two attached hydrogens (primary N) is 2. The summed E-state index contributed by atoms with van der Waals surface area (Å²) in [6.45, 7) is 1.11. The molecule has 2 unspecified atom stereocenters. The lowest BCUT2D eigenvalue weighted by Gasteiger charge is -2.15. The molecular weight excluding hydrogens is 254 g/mol. The van der Waals surface area contributed by atoms with Crippen LogP contribution in [0.3, 0.4) is 0 Å². The summed E-state index contributed by atoms with van der Waals surface area (Å²) in [5.41, 5.74) is 12.1. The van der Waals surface area contributed by atoms with Gasteiger partial charge in [0.25, 0.3) is 0 Å². The molecule has 1 aliphatic heterocycles. The number of nitrogens with zero attached hydrogens (tertiary/aromatic N) is 1. The van der Waals surface area contributed by atoms with Gasteiger partial charge in [0.1, 0.15) is 0 Å². The SMILES string of the molecule is NC(=O)C1CN([C@@H]2C[C@H]2c2ccccc2)CC1C(N)=O. The van der Waals surface area contributed by atoms with E-state index in [1.807, 2.05) is 18.2 Å². The lowest BCUT2D eigenvalue weighted by Crippen LogP contribution is -2.36. The number of hydrogen-bond acceptors (Lipinski definition) is 3. The summed E-state index contributed by atoms with van der Waals surface area (Å²) in [5.74, 6) is -1.23. The number of benzene rings is 1. The van der Waals surface area contributed by atoms with Crippen LogP contribution >= 0.6 is 0 Å². The normalized spacial score (nSPS) is 33.0. The second kappa shape index (κ2) is 4.90. The Morgan fingerprint density at radius 3 is 2.05 bits per heavy atom. The lowest BCUT2D eigenvalue weighted by atomic mass is 9.95. The van der Waals surface area contributed by atoms with Crippen LogP contribution in [0.2, 0.25) is 0 Å². The van der Waals surface area contributed by atoms with Gasteiger partial charge in [0, 0.05) is 25.0 Å². The molecule has 1 aromatic carbocycles. The average Bonchev–Trinajstić information content (AvgIpc) is 3.10. The van der Waals surface area contributed by atoms with Crippen molar-refractivity contribution >= 4 is 11.8 Å². The quantitative estimate of drug-likeness (QED) is 0.813. The van der Waals surface area contributed by atoms with E-state index in [1.165, 1.54) is 5.56 Å². The molecule has 4 atom stereocenters. The molecule has 2 aliphatic rings. The molecule has 2 fully saturated rings. The summed E-state index contributed by atoms with van der Waals surface area (Å²) in [4.78, 5) is 25.1. The van der Waals surface area contributed by atoms with Crippen molar-refractivity contribution in [1.29, 1.82) is 0 Å². The van der Waals surface area contributed by atoms with Crippen LogP contribution in [0.25, 0.3) is 0 Å². The Balaban J connectivity index is 1.69. The third kappa shape index (κ3) is 2.29. The molecule has 1 aromatic rings. The first-order chi connectivity index (χ1) is 9.58. The molecule has 0 spiro atoms.